The van der Waals surface area contributed by atoms with Gasteiger partial charge in [0.1, 0.15) is 0 Å². The van der Waals surface area contributed by atoms with Gasteiger partial charge in [-0.25, -0.2) is 0 Å². The lowest BCUT2D eigenvalue weighted by Crippen LogP contribution is -1.66. The van der Waals surface area contributed by atoms with Crippen LogP contribution in [0.5, 0.6) is 0 Å². The average molecular weight is 160 g/mol. The van der Waals surface area contributed by atoms with Crippen LogP contribution in [0.25, 0.3) is 0 Å². The molecule has 0 aromatic carbocycles. The van der Waals surface area contributed by atoms with E-state index in [2.05, 4.69) is 55.4 Å². The molecule has 72 valence electrons. The van der Waals surface area contributed by atoms with Gasteiger partial charge in [0.05, 0.1) is 0 Å². The first-order valence-electron chi connectivity index (χ1n) is 4.88. The molecule has 0 aliphatic rings. The molecule has 0 unspecified atom stereocenters. The minimum Gasteiger partial charge on any atom is -0.0656 e. The van der Waals surface area contributed by atoms with Crippen molar-refractivity contribution in [3.63, 3.8) is 0 Å². The van der Waals surface area contributed by atoms with Crippen molar-refractivity contribution < 1.29 is 0 Å². The molecule has 0 bridgehead atoms. The van der Waals surface area contributed by atoms with Crippen LogP contribution in [0.2, 0.25) is 0 Å². The molecule has 0 aromatic heterocycles. The summed E-state index contributed by atoms with van der Waals surface area (Å²) in [6.07, 6.45) is 1.25. The summed E-state index contributed by atoms with van der Waals surface area (Å²) in [5.41, 5.74) is 0. The molecule has 0 heterocycles. The molecule has 0 nitrogen and oxygen atoms in total. The third-order valence-electron chi connectivity index (χ3n) is 0. The third-order valence-corrected chi connectivity index (χ3v) is 0. The lowest BCUT2D eigenvalue weighted by molar-refractivity contribution is 0.736. The number of hydrogen-bond acceptors (Lipinski definition) is 0. The minimum atomic E-state index is 0.833. The summed E-state index contributed by atoms with van der Waals surface area (Å²) in [6.45, 7) is 17.2. The van der Waals surface area contributed by atoms with Gasteiger partial charge in [-0.1, -0.05) is 61.8 Å². The van der Waals surface area contributed by atoms with Crippen molar-refractivity contribution in [3.05, 3.63) is 0 Å². The van der Waals surface area contributed by atoms with Gasteiger partial charge in [-0.2, -0.15) is 0 Å². The van der Waals surface area contributed by atoms with Gasteiger partial charge in [0, 0.05) is 0 Å². The smallest absolute Gasteiger partial charge is 0.0500 e. The molecule has 0 rings (SSSR count). The number of rotatable bonds is 0. The molecule has 0 amide bonds. The highest BCUT2D eigenvalue weighted by molar-refractivity contribution is 4.21. The first-order chi connectivity index (χ1) is 4.88. The first kappa shape index (κ1) is 17.2. The summed E-state index contributed by atoms with van der Waals surface area (Å²) >= 11 is 0. The monoisotopic (exact) mass is 160 g/mol. The van der Waals surface area contributed by atoms with E-state index in [9.17, 15) is 0 Å². The quantitative estimate of drug-likeness (QED) is 0.480. The van der Waals surface area contributed by atoms with E-state index in [4.69, 9.17) is 0 Å². The van der Waals surface area contributed by atoms with Crippen LogP contribution in [-0.2, 0) is 0 Å². The Balaban J connectivity index is -0.0000000886. The van der Waals surface area contributed by atoms with Crippen LogP contribution in [0.3, 0.4) is 0 Å². The molecular weight excluding hydrogens is 132 g/mol. The van der Waals surface area contributed by atoms with E-state index in [-0.39, 0.29) is 0 Å². The van der Waals surface area contributed by atoms with Gasteiger partial charge in [-0.05, 0) is 11.8 Å². The predicted octanol–water partition coefficient (Wildman–Crippen LogP) is 4.74. The second-order valence-corrected chi connectivity index (χ2v) is 4.17. The van der Waals surface area contributed by atoms with Gasteiger partial charge in [0.15, 0.2) is 0 Å². The topological polar surface area (TPSA) is 0 Å². The Morgan fingerprint density at radius 2 is 0.636 bits per heavy atom. The van der Waals surface area contributed by atoms with Crippen LogP contribution >= 0.6 is 0 Å². The van der Waals surface area contributed by atoms with Crippen molar-refractivity contribution in [1.82, 2.24) is 0 Å². The predicted molar refractivity (Wildman–Crippen MR) is 57.0 cm³/mol. The van der Waals surface area contributed by atoms with Crippen LogP contribution < -0.4 is 0 Å². The molecule has 0 heteroatoms. The van der Waals surface area contributed by atoms with Crippen LogP contribution in [-0.4, -0.2) is 0 Å². The van der Waals surface area contributed by atoms with Crippen LogP contribution in [0, 0.1) is 11.8 Å². The summed E-state index contributed by atoms with van der Waals surface area (Å²) < 4.78 is 0. The Morgan fingerprint density at radius 3 is 0.636 bits per heavy atom. The van der Waals surface area contributed by atoms with E-state index in [0.29, 0.717) is 0 Å². The molecule has 0 radical (unpaired) electrons. The summed E-state index contributed by atoms with van der Waals surface area (Å²) in [5, 5.41) is 0. The zero-order chi connectivity index (χ0) is 9.86. The van der Waals surface area contributed by atoms with E-state index in [1.165, 1.54) is 6.42 Å². The molecule has 0 N–H and O–H groups in total. The van der Waals surface area contributed by atoms with E-state index in [0.717, 1.165) is 11.8 Å². The van der Waals surface area contributed by atoms with Crippen molar-refractivity contribution in [3.8, 4) is 0 Å². The Bertz CT molecular complexity index is 23.8. The molecule has 0 fully saturated rings. The molecule has 0 saturated heterocycles. The average Bonchev–Trinajstić information content (AvgIpc) is 1.60. The Morgan fingerprint density at radius 1 is 0.636 bits per heavy atom. The largest absolute Gasteiger partial charge is 0.0656 e. The van der Waals surface area contributed by atoms with Gasteiger partial charge in [-0.15, -0.1) is 0 Å². The van der Waals surface area contributed by atoms with Crippen LogP contribution in [0.1, 0.15) is 61.8 Å². The van der Waals surface area contributed by atoms with Crippen LogP contribution in [0.15, 0.2) is 0 Å². The molecule has 0 aliphatic carbocycles. The summed E-state index contributed by atoms with van der Waals surface area (Å²) in [6, 6.07) is 0. The highest BCUT2D eigenvalue weighted by atomic mass is 13.7. The third kappa shape index (κ3) is 0. The van der Waals surface area contributed by atoms with Gasteiger partial charge >= 0.3 is 0 Å². The van der Waals surface area contributed by atoms with Crippen LogP contribution in [0.4, 0.5) is 0 Å². The fourth-order valence-electron chi connectivity index (χ4n) is 0. The fraction of sp³-hybridized carbons (Fsp3) is 1.00. The van der Waals surface area contributed by atoms with Gasteiger partial charge < -0.3 is 0 Å². The van der Waals surface area contributed by atoms with E-state index >= 15 is 0 Å². The van der Waals surface area contributed by atoms with E-state index in [1.54, 1.807) is 0 Å². The van der Waals surface area contributed by atoms with Crippen molar-refractivity contribution in [2.24, 2.45) is 11.8 Å². The second kappa shape index (κ2) is 16.5. The van der Waals surface area contributed by atoms with Crippen molar-refractivity contribution >= 4 is 0 Å². The standard InChI is InChI=1S/2C4H10.C3H8/c2*1-4(2)3;1-3-2/h2*4H,1-3H3;3H2,1-2H3. The second-order valence-electron chi connectivity index (χ2n) is 4.17. The zero-order valence-corrected chi connectivity index (χ0v) is 9.86. The van der Waals surface area contributed by atoms with Crippen molar-refractivity contribution in [2.45, 2.75) is 61.8 Å². The van der Waals surface area contributed by atoms with Gasteiger partial charge in [-0.3, -0.25) is 0 Å². The molecule has 0 aliphatic heterocycles. The maximum atomic E-state index is 2.17. The maximum absolute atomic E-state index is 2.17. The fourth-order valence-corrected chi connectivity index (χ4v) is 0. The SMILES string of the molecule is CC(C)C.CC(C)C.CCC. The lowest BCUT2D eigenvalue weighted by Gasteiger charge is -1.79. The molecule has 0 saturated carbocycles. The molecular formula is C11H28. The molecule has 11 heavy (non-hydrogen) atoms. The van der Waals surface area contributed by atoms with Crippen molar-refractivity contribution in [2.75, 3.05) is 0 Å². The van der Waals surface area contributed by atoms with Gasteiger partial charge in [0.25, 0.3) is 0 Å². The maximum Gasteiger partial charge on any atom is -0.0500 e. The highest BCUT2D eigenvalue weighted by Crippen LogP contribution is 1.81. The van der Waals surface area contributed by atoms with Gasteiger partial charge in [0.2, 0.25) is 0 Å². The minimum absolute atomic E-state index is 0.833. The molecule has 0 atom stereocenters. The molecule has 0 aromatic rings. The summed E-state index contributed by atoms with van der Waals surface area (Å²) in [7, 11) is 0. The Hall–Kier alpha value is 0. The van der Waals surface area contributed by atoms with E-state index < -0.39 is 0 Å². The van der Waals surface area contributed by atoms with Crippen molar-refractivity contribution in [1.29, 1.82) is 0 Å². The lowest BCUT2D eigenvalue weighted by atomic mass is 10.3. The zero-order valence-electron chi connectivity index (χ0n) is 9.86. The summed E-state index contributed by atoms with van der Waals surface area (Å²) in [5.74, 6) is 1.67. The first-order valence-corrected chi connectivity index (χ1v) is 4.88. The number of hydrogen-bond donors (Lipinski definition) is 0. The Kier molecular flexibility index (Phi) is 25.8. The van der Waals surface area contributed by atoms with E-state index in [1.807, 2.05) is 0 Å². The Labute approximate surface area is 74.4 Å². The molecule has 0 spiro atoms. The highest BCUT2D eigenvalue weighted by Gasteiger charge is 1.68. The normalized spacial score (nSPS) is 8.18. The summed E-state index contributed by atoms with van der Waals surface area (Å²) in [4.78, 5) is 0.